The quantitative estimate of drug-likeness (QED) is 0.794. The average Bonchev–Trinajstić information content (AvgIpc) is 2.77. The molecule has 5 nitrogen and oxygen atoms in total. The Balaban J connectivity index is 1.99. The van der Waals surface area contributed by atoms with Gasteiger partial charge in [-0.2, -0.15) is 0 Å². The van der Waals surface area contributed by atoms with Gasteiger partial charge in [-0.1, -0.05) is 30.3 Å². The number of benzene rings is 1. The lowest BCUT2D eigenvalue weighted by Crippen LogP contribution is -2.25. The Morgan fingerprint density at radius 1 is 1.35 bits per heavy atom. The van der Waals surface area contributed by atoms with Crippen molar-refractivity contribution >= 4 is 0 Å². The van der Waals surface area contributed by atoms with Gasteiger partial charge in [-0.15, -0.1) is 10.2 Å². The zero-order valence-electron chi connectivity index (χ0n) is 9.74. The molecule has 1 aromatic carbocycles. The molecule has 1 atom stereocenters. The van der Waals surface area contributed by atoms with E-state index in [1.54, 1.807) is 6.33 Å². The standard InChI is InChI=1S/C12H16N4O/c1-16-9-14-15-12(16)7-13-11(8-17)10-5-3-2-4-6-10/h2-6,9,11,13,17H,7-8H2,1H3. The summed E-state index contributed by atoms with van der Waals surface area (Å²) in [5, 5.41) is 20.4. The summed E-state index contributed by atoms with van der Waals surface area (Å²) in [6, 6.07) is 9.78. The summed E-state index contributed by atoms with van der Waals surface area (Å²) < 4.78 is 1.85. The van der Waals surface area contributed by atoms with E-state index in [0.29, 0.717) is 6.54 Å². The van der Waals surface area contributed by atoms with Crippen LogP contribution >= 0.6 is 0 Å². The molecule has 17 heavy (non-hydrogen) atoms. The van der Waals surface area contributed by atoms with Crippen LogP contribution in [0.5, 0.6) is 0 Å². The molecule has 2 rings (SSSR count). The molecule has 0 aliphatic carbocycles. The molecule has 1 unspecified atom stereocenters. The van der Waals surface area contributed by atoms with Gasteiger partial charge in [-0.3, -0.25) is 0 Å². The van der Waals surface area contributed by atoms with Crippen LogP contribution in [0.1, 0.15) is 17.4 Å². The molecule has 2 N–H and O–H groups in total. The van der Waals surface area contributed by atoms with Crippen LogP contribution in [-0.4, -0.2) is 26.5 Å². The van der Waals surface area contributed by atoms with Crippen LogP contribution in [0.4, 0.5) is 0 Å². The molecule has 0 radical (unpaired) electrons. The maximum Gasteiger partial charge on any atom is 0.146 e. The fraction of sp³-hybridized carbons (Fsp3) is 0.333. The lowest BCUT2D eigenvalue weighted by Gasteiger charge is -2.16. The van der Waals surface area contributed by atoms with E-state index in [0.717, 1.165) is 11.4 Å². The van der Waals surface area contributed by atoms with E-state index in [9.17, 15) is 5.11 Å². The molecule has 0 fully saturated rings. The molecule has 1 heterocycles. The lowest BCUT2D eigenvalue weighted by molar-refractivity contribution is 0.242. The van der Waals surface area contributed by atoms with Gasteiger partial charge in [0.05, 0.1) is 19.2 Å². The van der Waals surface area contributed by atoms with Gasteiger partial charge in [0.25, 0.3) is 0 Å². The molecule has 2 aromatic rings. The van der Waals surface area contributed by atoms with Gasteiger partial charge in [0.1, 0.15) is 12.2 Å². The third-order valence-electron chi connectivity index (χ3n) is 2.70. The Bertz CT molecular complexity index is 455. The minimum Gasteiger partial charge on any atom is -0.394 e. The molecular formula is C12H16N4O. The number of hydrogen-bond acceptors (Lipinski definition) is 4. The number of aromatic nitrogens is 3. The lowest BCUT2D eigenvalue weighted by atomic mass is 10.1. The molecule has 0 saturated carbocycles. The minimum absolute atomic E-state index is 0.0574. The van der Waals surface area contributed by atoms with Crippen molar-refractivity contribution in [3.63, 3.8) is 0 Å². The molecule has 5 heteroatoms. The molecule has 90 valence electrons. The number of aryl methyl sites for hydroxylation is 1. The van der Waals surface area contributed by atoms with E-state index in [2.05, 4.69) is 15.5 Å². The van der Waals surface area contributed by atoms with Crippen molar-refractivity contribution in [1.29, 1.82) is 0 Å². The third kappa shape index (κ3) is 2.89. The van der Waals surface area contributed by atoms with Crippen LogP contribution in [0, 0.1) is 0 Å². The SMILES string of the molecule is Cn1cnnc1CNC(CO)c1ccccc1. The van der Waals surface area contributed by atoms with Crippen molar-refractivity contribution in [1.82, 2.24) is 20.1 Å². The minimum atomic E-state index is -0.0760. The van der Waals surface area contributed by atoms with Gasteiger partial charge in [0.2, 0.25) is 0 Å². The second kappa shape index (κ2) is 5.56. The number of hydrogen-bond donors (Lipinski definition) is 2. The molecule has 0 aliphatic rings. The van der Waals surface area contributed by atoms with Crippen molar-refractivity contribution in [2.45, 2.75) is 12.6 Å². The molecule has 0 saturated heterocycles. The molecule has 1 aromatic heterocycles. The van der Waals surface area contributed by atoms with Gasteiger partial charge < -0.3 is 15.0 Å². The molecule has 0 spiro atoms. The summed E-state index contributed by atoms with van der Waals surface area (Å²) in [4.78, 5) is 0. The summed E-state index contributed by atoms with van der Waals surface area (Å²) in [5.74, 6) is 0.847. The third-order valence-corrected chi connectivity index (χ3v) is 2.70. The molecular weight excluding hydrogens is 216 g/mol. The number of rotatable bonds is 5. The number of nitrogens with zero attached hydrogens (tertiary/aromatic N) is 3. The zero-order chi connectivity index (χ0) is 12.1. The average molecular weight is 232 g/mol. The van der Waals surface area contributed by atoms with Gasteiger partial charge >= 0.3 is 0 Å². The number of aliphatic hydroxyl groups is 1. The Labute approximate surface area is 100 Å². The maximum atomic E-state index is 9.37. The normalized spacial score (nSPS) is 12.6. The summed E-state index contributed by atoms with van der Waals surface area (Å²) in [7, 11) is 1.90. The fourth-order valence-electron chi connectivity index (χ4n) is 1.65. The summed E-state index contributed by atoms with van der Waals surface area (Å²) >= 11 is 0. The van der Waals surface area contributed by atoms with E-state index >= 15 is 0 Å². The Morgan fingerprint density at radius 2 is 2.12 bits per heavy atom. The smallest absolute Gasteiger partial charge is 0.146 e. The first-order valence-electron chi connectivity index (χ1n) is 5.53. The van der Waals surface area contributed by atoms with Crippen LogP contribution < -0.4 is 5.32 Å². The highest BCUT2D eigenvalue weighted by molar-refractivity contribution is 5.18. The van der Waals surface area contributed by atoms with E-state index in [1.165, 1.54) is 0 Å². The predicted molar refractivity (Wildman–Crippen MR) is 64.1 cm³/mol. The second-order valence-electron chi connectivity index (χ2n) is 3.88. The van der Waals surface area contributed by atoms with Gasteiger partial charge in [-0.05, 0) is 5.56 Å². The van der Waals surface area contributed by atoms with Crippen LogP contribution in [0.2, 0.25) is 0 Å². The van der Waals surface area contributed by atoms with E-state index in [-0.39, 0.29) is 12.6 Å². The van der Waals surface area contributed by atoms with E-state index < -0.39 is 0 Å². The number of nitrogens with one attached hydrogen (secondary N) is 1. The summed E-state index contributed by atoms with van der Waals surface area (Å²) in [6.45, 7) is 0.637. The zero-order valence-corrected chi connectivity index (χ0v) is 9.74. The summed E-state index contributed by atoms with van der Waals surface area (Å²) in [6.07, 6.45) is 1.66. The molecule has 0 amide bonds. The van der Waals surface area contributed by atoms with Crippen molar-refractivity contribution in [2.24, 2.45) is 7.05 Å². The summed E-state index contributed by atoms with van der Waals surface area (Å²) in [5.41, 5.74) is 1.07. The van der Waals surface area contributed by atoms with Crippen molar-refractivity contribution in [2.75, 3.05) is 6.61 Å². The predicted octanol–water partition coefficient (Wildman–Crippen LogP) is 0.638. The highest BCUT2D eigenvalue weighted by Crippen LogP contribution is 2.11. The first-order chi connectivity index (χ1) is 8.31. The first-order valence-corrected chi connectivity index (χ1v) is 5.53. The van der Waals surface area contributed by atoms with Crippen LogP contribution in [0.15, 0.2) is 36.7 Å². The van der Waals surface area contributed by atoms with Gasteiger partial charge in [0.15, 0.2) is 0 Å². The van der Waals surface area contributed by atoms with Crippen molar-refractivity contribution in [3.05, 3.63) is 48.0 Å². The monoisotopic (exact) mass is 232 g/mol. The molecule has 0 bridgehead atoms. The largest absolute Gasteiger partial charge is 0.394 e. The maximum absolute atomic E-state index is 9.37. The van der Waals surface area contributed by atoms with E-state index in [1.807, 2.05) is 41.9 Å². The highest BCUT2D eigenvalue weighted by Gasteiger charge is 2.10. The Kier molecular flexibility index (Phi) is 3.85. The second-order valence-corrected chi connectivity index (χ2v) is 3.88. The van der Waals surface area contributed by atoms with Gasteiger partial charge in [0, 0.05) is 7.05 Å². The van der Waals surface area contributed by atoms with Gasteiger partial charge in [-0.25, -0.2) is 0 Å². The van der Waals surface area contributed by atoms with Crippen molar-refractivity contribution < 1.29 is 5.11 Å². The van der Waals surface area contributed by atoms with E-state index in [4.69, 9.17) is 0 Å². The Morgan fingerprint density at radius 3 is 2.71 bits per heavy atom. The van der Waals surface area contributed by atoms with Crippen LogP contribution in [0.25, 0.3) is 0 Å². The highest BCUT2D eigenvalue weighted by atomic mass is 16.3. The Hall–Kier alpha value is -1.72. The van der Waals surface area contributed by atoms with Crippen LogP contribution in [-0.2, 0) is 13.6 Å². The fourth-order valence-corrected chi connectivity index (χ4v) is 1.65. The first kappa shape index (κ1) is 11.8. The van der Waals surface area contributed by atoms with Crippen molar-refractivity contribution in [3.8, 4) is 0 Å². The molecule has 0 aliphatic heterocycles. The number of aliphatic hydroxyl groups excluding tert-OH is 1. The topological polar surface area (TPSA) is 63.0 Å². The van der Waals surface area contributed by atoms with Crippen LogP contribution in [0.3, 0.4) is 0 Å².